The quantitative estimate of drug-likeness (QED) is 0.805. The molecular weight excluding hydrogens is 225 g/mol. The van der Waals surface area contributed by atoms with Crippen LogP contribution in [-0.4, -0.2) is 20.7 Å². The minimum atomic E-state index is -0.469. The standard InChI is InChI=1S/C10H10FN5O/c1-16-9(7(12)5-14-16)10(17)15-8-3-2-6(11)4-13-8/h2-5H,12H2,1H3,(H,13,15,17). The maximum Gasteiger partial charge on any atom is 0.277 e. The summed E-state index contributed by atoms with van der Waals surface area (Å²) < 4.78 is 14.0. The van der Waals surface area contributed by atoms with Crippen molar-refractivity contribution in [3.8, 4) is 0 Å². The Morgan fingerprint density at radius 2 is 2.24 bits per heavy atom. The van der Waals surface area contributed by atoms with Gasteiger partial charge in [-0.05, 0) is 12.1 Å². The first-order valence-electron chi connectivity index (χ1n) is 4.78. The van der Waals surface area contributed by atoms with Crippen LogP contribution < -0.4 is 11.1 Å². The van der Waals surface area contributed by atoms with E-state index in [1.807, 2.05) is 0 Å². The van der Waals surface area contributed by atoms with Gasteiger partial charge in [0.25, 0.3) is 5.91 Å². The number of halogens is 1. The maximum atomic E-state index is 12.6. The molecule has 2 heterocycles. The van der Waals surface area contributed by atoms with Gasteiger partial charge in [0.2, 0.25) is 0 Å². The number of nitrogen functional groups attached to an aromatic ring is 1. The van der Waals surface area contributed by atoms with Crippen LogP contribution in [0.25, 0.3) is 0 Å². The summed E-state index contributed by atoms with van der Waals surface area (Å²) in [7, 11) is 1.60. The maximum absolute atomic E-state index is 12.6. The molecule has 0 fully saturated rings. The smallest absolute Gasteiger partial charge is 0.277 e. The molecular formula is C10H10FN5O. The Kier molecular flexibility index (Phi) is 2.73. The first-order chi connectivity index (χ1) is 8.08. The van der Waals surface area contributed by atoms with Crippen molar-refractivity contribution in [2.75, 3.05) is 11.1 Å². The third-order valence-corrected chi connectivity index (χ3v) is 2.15. The fraction of sp³-hybridized carbons (Fsp3) is 0.100. The number of anilines is 2. The average molecular weight is 235 g/mol. The van der Waals surface area contributed by atoms with Crippen LogP contribution in [0.1, 0.15) is 10.5 Å². The topological polar surface area (TPSA) is 85.8 Å². The summed E-state index contributed by atoms with van der Waals surface area (Å²) in [5.74, 6) is -0.665. The van der Waals surface area contributed by atoms with Gasteiger partial charge in [0.05, 0.1) is 18.1 Å². The molecule has 0 aliphatic carbocycles. The summed E-state index contributed by atoms with van der Waals surface area (Å²) in [5, 5.41) is 6.34. The number of amides is 1. The predicted molar refractivity (Wildman–Crippen MR) is 59.8 cm³/mol. The van der Waals surface area contributed by atoms with Crippen molar-refractivity contribution in [2.45, 2.75) is 0 Å². The molecule has 0 radical (unpaired) electrons. The molecule has 0 spiro atoms. The zero-order valence-electron chi connectivity index (χ0n) is 9.01. The normalized spacial score (nSPS) is 10.2. The van der Waals surface area contributed by atoms with Gasteiger partial charge >= 0.3 is 0 Å². The second-order valence-corrected chi connectivity index (χ2v) is 3.39. The summed E-state index contributed by atoms with van der Waals surface area (Å²) in [6, 6.07) is 2.56. The average Bonchev–Trinajstić information content (AvgIpc) is 2.62. The number of carbonyl (C=O) groups excluding carboxylic acids is 1. The highest BCUT2D eigenvalue weighted by molar-refractivity contribution is 6.05. The van der Waals surface area contributed by atoms with Crippen LogP contribution in [0.15, 0.2) is 24.5 Å². The van der Waals surface area contributed by atoms with Crippen molar-refractivity contribution >= 4 is 17.4 Å². The largest absolute Gasteiger partial charge is 0.396 e. The number of hydrogen-bond acceptors (Lipinski definition) is 4. The first kappa shape index (κ1) is 11.1. The number of aryl methyl sites for hydroxylation is 1. The van der Waals surface area contributed by atoms with Crippen molar-refractivity contribution in [1.82, 2.24) is 14.8 Å². The molecule has 17 heavy (non-hydrogen) atoms. The van der Waals surface area contributed by atoms with Gasteiger partial charge in [0, 0.05) is 7.05 Å². The monoisotopic (exact) mass is 235 g/mol. The highest BCUT2D eigenvalue weighted by Crippen LogP contribution is 2.12. The third kappa shape index (κ3) is 2.22. The predicted octanol–water partition coefficient (Wildman–Crippen LogP) is 0.789. The zero-order valence-corrected chi connectivity index (χ0v) is 9.01. The molecule has 0 aliphatic rings. The fourth-order valence-electron chi connectivity index (χ4n) is 1.36. The Labute approximate surface area is 96.3 Å². The second kappa shape index (κ2) is 4.20. The van der Waals surface area contributed by atoms with E-state index in [1.165, 1.54) is 23.0 Å². The van der Waals surface area contributed by atoms with E-state index in [1.54, 1.807) is 7.05 Å². The Morgan fingerprint density at radius 3 is 2.76 bits per heavy atom. The molecule has 7 heteroatoms. The summed E-state index contributed by atoms with van der Waals surface area (Å²) in [6.45, 7) is 0. The third-order valence-electron chi connectivity index (χ3n) is 2.15. The van der Waals surface area contributed by atoms with E-state index in [4.69, 9.17) is 5.73 Å². The lowest BCUT2D eigenvalue weighted by Gasteiger charge is -2.05. The Balaban J connectivity index is 2.20. The summed E-state index contributed by atoms with van der Waals surface area (Å²) >= 11 is 0. The Morgan fingerprint density at radius 1 is 1.47 bits per heavy atom. The molecule has 0 saturated heterocycles. The van der Waals surface area contributed by atoms with Crippen molar-refractivity contribution in [3.05, 3.63) is 36.0 Å². The molecule has 2 rings (SSSR count). The number of hydrogen-bond donors (Lipinski definition) is 2. The fourth-order valence-corrected chi connectivity index (χ4v) is 1.36. The van der Waals surface area contributed by atoms with Crippen molar-refractivity contribution in [2.24, 2.45) is 7.05 Å². The van der Waals surface area contributed by atoms with Gasteiger partial charge in [0.15, 0.2) is 0 Å². The molecule has 1 amide bonds. The summed E-state index contributed by atoms with van der Waals surface area (Å²) in [6.07, 6.45) is 2.40. The molecule has 0 bridgehead atoms. The minimum absolute atomic E-state index is 0.233. The van der Waals surface area contributed by atoms with Gasteiger partial charge in [-0.2, -0.15) is 5.10 Å². The van der Waals surface area contributed by atoms with Crippen LogP contribution in [0, 0.1) is 5.82 Å². The lowest BCUT2D eigenvalue weighted by molar-refractivity contribution is 0.101. The lowest BCUT2D eigenvalue weighted by atomic mass is 10.3. The van der Waals surface area contributed by atoms with E-state index in [0.29, 0.717) is 0 Å². The van der Waals surface area contributed by atoms with Crippen LogP contribution in [0.2, 0.25) is 0 Å². The molecule has 0 aromatic carbocycles. The van der Waals surface area contributed by atoms with Crippen molar-refractivity contribution in [1.29, 1.82) is 0 Å². The van der Waals surface area contributed by atoms with Crippen LogP contribution in [0.3, 0.4) is 0 Å². The van der Waals surface area contributed by atoms with Crippen molar-refractivity contribution < 1.29 is 9.18 Å². The van der Waals surface area contributed by atoms with Crippen LogP contribution in [-0.2, 0) is 7.05 Å². The van der Waals surface area contributed by atoms with E-state index >= 15 is 0 Å². The number of carbonyl (C=O) groups is 1. The number of nitrogens with two attached hydrogens (primary N) is 1. The van der Waals surface area contributed by atoms with E-state index in [2.05, 4.69) is 15.4 Å². The molecule has 0 unspecified atom stereocenters. The number of nitrogens with zero attached hydrogens (tertiary/aromatic N) is 3. The molecule has 88 valence electrons. The Bertz CT molecular complexity index is 529. The molecule has 0 atom stereocenters. The van der Waals surface area contributed by atoms with Crippen LogP contribution in [0.5, 0.6) is 0 Å². The summed E-state index contributed by atoms with van der Waals surface area (Å²) in [4.78, 5) is 15.5. The van der Waals surface area contributed by atoms with Gasteiger partial charge < -0.3 is 11.1 Å². The minimum Gasteiger partial charge on any atom is -0.396 e. The zero-order chi connectivity index (χ0) is 12.4. The second-order valence-electron chi connectivity index (χ2n) is 3.39. The number of aromatic nitrogens is 3. The van der Waals surface area contributed by atoms with Gasteiger partial charge in [-0.3, -0.25) is 9.48 Å². The van der Waals surface area contributed by atoms with Crippen molar-refractivity contribution in [3.63, 3.8) is 0 Å². The van der Waals surface area contributed by atoms with E-state index in [0.717, 1.165) is 6.20 Å². The number of rotatable bonds is 2. The molecule has 0 saturated carbocycles. The van der Waals surface area contributed by atoms with Gasteiger partial charge in [0.1, 0.15) is 17.3 Å². The first-order valence-corrected chi connectivity index (χ1v) is 4.78. The molecule has 0 aliphatic heterocycles. The number of pyridine rings is 1. The molecule has 6 nitrogen and oxygen atoms in total. The highest BCUT2D eigenvalue weighted by atomic mass is 19.1. The van der Waals surface area contributed by atoms with E-state index < -0.39 is 11.7 Å². The molecule has 3 N–H and O–H groups in total. The number of nitrogens with one attached hydrogen (secondary N) is 1. The van der Waals surface area contributed by atoms with Crippen LogP contribution in [0.4, 0.5) is 15.9 Å². The lowest BCUT2D eigenvalue weighted by Crippen LogP contribution is -2.18. The van der Waals surface area contributed by atoms with Gasteiger partial charge in [-0.15, -0.1) is 0 Å². The summed E-state index contributed by atoms with van der Waals surface area (Å²) in [5.41, 5.74) is 6.10. The van der Waals surface area contributed by atoms with Crippen LogP contribution >= 0.6 is 0 Å². The Hall–Kier alpha value is -2.44. The van der Waals surface area contributed by atoms with E-state index in [9.17, 15) is 9.18 Å². The molecule has 2 aromatic rings. The van der Waals surface area contributed by atoms with Gasteiger partial charge in [-0.1, -0.05) is 0 Å². The van der Waals surface area contributed by atoms with Gasteiger partial charge in [-0.25, -0.2) is 9.37 Å². The molecule has 2 aromatic heterocycles. The highest BCUT2D eigenvalue weighted by Gasteiger charge is 2.15. The van der Waals surface area contributed by atoms with E-state index in [-0.39, 0.29) is 17.2 Å². The SMILES string of the molecule is Cn1ncc(N)c1C(=O)Nc1ccc(F)cn1.